The van der Waals surface area contributed by atoms with Crippen molar-refractivity contribution >= 4 is 40.6 Å². The van der Waals surface area contributed by atoms with E-state index < -0.39 is 4.75 Å². The number of cyclic esters (lactones) is 1. The number of unbranched alkanes of at least 4 members (excludes halogenated alkanes) is 10. The molecular formula is C29H54O5S2. The highest BCUT2D eigenvalue weighted by atomic mass is 32.2. The Kier molecular flexibility index (Phi) is 18.2. The first-order chi connectivity index (χ1) is 16.9. The number of hydrogen-bond acceptors (Lipinski definition) is 7. The van der Waals surface area contributed by atoms with Crippen molar-refractivity contribution in [3.05, 3.63) is 0 Å². The van der Waals surface area contributed by atoms with E-state index in [2.05, 4.69) is 13.8 Å². The van der Waals surface area contributed by atoms with E-state index in [9.17, 15) is 14.4 Å². The van der Waals surface area contributed by atoms with Crippen LogP contribution in [0.4, 0.5) is 0 Å². The first kappa shape index (κ1) is 35.3. The summed E-state index contributed by atoms with van der Waals surface area (Å²) in [5.74, 6) is -0.287. The van der Waals surface area contributed by atoms with Crippen molar-refractivity contribution in [2.75, 3.05) is 6.61 Å². The Morgan fingerprint density at radius 3 is 1.83 bits per heavy atom. The van der Waals surface area contributed by atoms with Gasteiger partial charge in [-0.2, -0.15) is 0 Å². The molecule has 1 fully saturated rings. The third kappa shape index (κ3) is 14.9. The Balaban J connectivity index is 0.000000684. The standard InChI is InChI=1S/C15H28O3S.C14H26O2S/c1-5-7-8-9-10-11-12-15(4,19-13(3)16)14(17)18-6-2;1-5-6-7-8-9-10-11-14(4)12(15)16-13(2,3)17-14/h5-12H2,1-4H3;5-11H2,1-4H3. The molecule has 0 bridgehead atoms. The average molecular weight is 547 g/mol. The molecule has 0 amide bonds. The first-order valence-corrected chi connectivity index (χ1v) is 15.8. The summed E-state index contributed by atoms with van der Waals surface area (Å²) < 4.78 is 9.45. The second kappa shape index (κ2) is 18.5. The van der Waals surface area contributed by atoms with Crippen LogP contribution in [0.25, 0.3) is 0 Å². The second-order valence-electron chi connectivity index (χ2n) is 10.7. The summed E-state index contributed by atoms with van der Waals surface area (Å²) in [4.78, 5) is 34.8. The molecule has 5 nitrogen and oxygen atoms in total. The van der Waals surface area contributed by atoms with Gasteiger partial charge in [0, 0.05) is 6.92 Å². The summed E-state index contributed by atoms with van der Waals surface area (Å²) in [6.07, 6.45) is 16.4. The minimum Gasteiger partial charge on any atom is -0.465 e. The highest BCUT2D eigenvalue weighted by molar-refractivity contribution is 8.15. The van der Waals surface area contributed by atoms with Crippen LogP contribution >= 0.6 is 23.5 Å². The Labute approximate surface area is 230 Å². The highest BCUT2D eigenvalue weighted by Gasteiger charge is 2.49. The fraction of sp³-hybridized carbons (Fsp3) is 0.897. The average Bonchev–Trinajstić information content (AvgIpc) is 2.99. The molecular weight excluding hydrogens is 492 g/mol. The fourth-order valence-electron chi connectivity index (χ4n) is 4.37. The van der Waals surface area contributed by atoms with E-state index in [1.54, 1.807) is 18.7 Å². The van der Waals surface area contributed by atoms with Gasteiger partial charge >= 0.3 is 11.9 Å². The summed E-state index contributed by atoms with van der Waals surface area (Å²) in [7, 11) is 0. The quantitative estimate of drug-likeness (QED) is 0.133. The van der Waals surface area contributed by atoms with Crippen molar-refractivity contribution in [1.82, 2.24) is 0 Å². The topological polar surface area (TPSA) is 69.7 Å². The van der Waals surface area contributed by atoms with Gasteiger partial charge in [-0.05, 0) is 47.5 Å². The predicted octanol–water partition coefficient (Wildman–Crippen LogP) is 8.86. The minimum absolute atomic E-state index is 0.0264. The molecule has 1 aliphatic rings. The van der Waals surface area contributed by atoms with Crippen LogP contribution in [0.1, 0.15) is 145 Å². The van der Waals surface area contributed by atoms with Crippen LogP contribution in [0, 0.1) is 0 Å². The molecule has 0 saturated carbocycles. The van der Waals surface area contributed by atoms with Gasteiger partial charge in [-0.25, -0.2) is 0 Å². The minimum atomic E-state index is -0.716. The summed E-state index contributed by atoms with van der Waals surface area (Å²) in [5.41, 5.74) is 0. The van der Waals surface area contributed by atoms with Gasteiger partial charge in [0.15, 0.2) is 10.0 Å². The van der Waals surface area contributed by atoms with Crippen molar-refractivity contribution in [2.45, 2.75) is 160 Å². The lowest BCUT2D eigenvalue weighted by atomic mass is 10.0. The lowest BCUT2D eigenvalue weighted by Gasteiger charge is -2.25. The number of rotatable bonds is 17. The van der Waals surface area contributed by atoms with Gasteiger partial charge in [-0.3, -0.25) is 14.4 Å². The van der Waals surface area contributed by atoms with Crippen LogP contribution in [-0.2, 0) is 23.9 Å². The molecule has 1 heterocycles. The molecule has 0 aromatic carbocycles. The zero-order valence-corrected chi connectivity index (χ0v) is 26.1. The summed E-state index contributed by atoms with van der Waals surface area (Å²) >= 11 is 2.78. The molecule has 1 aliphatic heterocycles. The van der Waals surface area contributed by atoms with Crippen LogP contribution in [0.3, 0.4) is 0 Å². The molecule has 7 heteroatoms. The maximum absolute atomic E-state index is 12.0. The predicted molar refractivity (Wildman–Crippen MR) is 155 cm³/mol. The van der Waals surface area contributed by atoms with Gasteiger partial charge in [0.25, 0.3) is 0 Å². The van der Waals surface area contributed by atoms with Crippen LogP contribution < -0.4 is 0 Å². The molecule has 212 valence electrons. The van der Waals surface area contributed by atoms with Gasteiger partial charge in [0.1, 0.15) is 9.49 Å². The Bertz CT molecular complexity index is 652. The van der Waals surface area contributed by atoms with Crippen molar-refractivity contribution in [2.24, 2.45) is 0 Å². The molecule has 1 saturated heterocycles. The molecule has 36 heavy (non-hydrogen) atoms. The molecule has 0 aromatic heterocycles. The number of esters is 2. The van der Waals surface area contributed by atoms with Crippen molar-refractivity contribution in [3.63, 3.8) is 0 Å². The third-order valence-corrected chi connectivity index (χ3v) is 8.84. The van der Waals surface area contributed by atoms with Crippen LogP contribution in [0.5, 0.6) is 0 Å². The zero-order chi connectivity index (χ0) is 27.7. The van der Waals surface area contributed by atoms with Gasteiger partial charge < -0.3 is 9.47 Å². The molecule has 0 radical (unpaired) electrons. The SMILES string of the molecule is CCCCCCCCC(C)(SC(C)=O)C(=O)OCC.CCCCCCCCC1(C)SC(C)(C)OC1=O. The zero-order valence-electron chi connectivity index (χ0n) is 24.5. The van der Waals surface area contributed by atoms with E-state index >= 15 is 0 Å². The van der Waals surface area contributed by atoms with E-state index in [1.165, 1.54) is 64.7 Å². The first-order valence-electron chi connectivity index (χ1n) is 14.2. The van der Waals surface area contributed by atoms with E-state index in [4.69, 9.17) is 9.47 Å². The number of carbonyl (C=O) groups is 3. The summed E-state index contributed by atoms with van der Waals surface area (Å²) in [6, 6.07) is 0. The van der Waals surface area contributed by atoms with E-state index in [-0.39, 0.29) is 26.7 Å². The number of hydrogen-bond donors (Lipinski definition) is 0. The molecule has 1 rings (SSSR count). The van der Waals surface area contributed by atoms with Crippen LogP contribution in [-0.4, -0.2) is 38.1 Å². The lowest BCUT2D eigenvalue weighted by Crippen LogP contribution is -2.34. The fourth-order valence-corrected chi connectivity index (χ4v) is 6.97. The highest BCUT2D eigenvalue weighted by Crippen LogP contribution is 2.48. The van der Waals surface area contributed by atoms with Gasteiger partial charge in [0.2, 0.25) is 0 Å². The lowest BCUT2D eigenvalue weighted by molar-refractivity contribution is -0.149. The Morgan fingerprint density at radius 2 is 1.39 bits per heavy atom. The van der Waals surface area contributed by atoms with E-state index in [0.29, 0.717) is 13.0 Å². The third-order valence-electron chi connectivity index (χ3n) is 6.33. The second-order valence-corrected chi connectivity index (χ2v) is 14.5. The number of ether oxygens (including phenoxy) is 2. The van der Waals surface area contributed by atoms with Crippen LogP contribution in [0.15, 0.2) is 0 Å². The van der Waals surface area contributed by atoms with Crippen molar-refractivity contribution < 1.29 is 23.9 Å². The Hall–Kier alpha value is -0.690. The van der Waals surface area contributed by atoms with Crippen LogP contribution in [0.2, 0.25) is 0 Å². The van der Waals surface area contributed by atoms with E-state index in [1.807, 2.05) is 27.7 Å². The molecule has 0 aromatic rings. The maximum atomic E-state index is 12.0. The summed E-state index contributed by atoms with van der Waals surface area (Å²) in [5, 5.41) is -0.0264. The smallest absolute Gasteiger partial charge is 0.323 e. The summed E-state index contributed by atoms with van der Waals surface area (Å²) in [6.45, 7) is 15.9. The molecule has 0 aliphatic carbocycles. The Morgan fingerprint density at radius 1 is 0.889 bits per heavy atom. The largest absolute Gasteiger partial charge is 0.465 e. The number of thioether (sulfide) groups is 2. The van der Waals surface area contributed by atoms with Crippen molar-refractivity contribution in [1.29, 1.82) is 0 Å². The van der Waals surface area contributed by atoms with Gasteiger partial charge in [0.05, 0.1) is 6.61 Å². The van der Waals surface area contributed by atoms with Gasteiger partial charge in [-0.15, -0.1) is 0 Å². The maximum Gasteiger partial charge on any atom is 0.323 e. The molecule has 0 spiro atoms. The monoisotopic (exact) mass is 546 g/mol. The normalized spacial score (nSPS) is 20.2. The van der Waals surface area contributed by atoms with E-state index in [0.717, 1.165) is 37.4 Å². The molecule has 2 unspecified atom stereocenters. The molecule has 0 N–H and O–H groups in total. The molecule has 2 atom stereocenters. The van der Waals surface area contributed by atoms with Crippen molar-refractivity contribution in [3.8, 4) is 0 Å². The number of carbonyl (C=O) groups excluding carboxylic acids is 3. The van der Waals surface area contributed by atoms with Gasteiger partial charge in [-0.1, -0.05) is 114 Å².